The van der Waals surface area contributed by atoms with Gasteiger partial charge >= 0.3 is 5.97 Å². The molecule has 0 spiro atoms. The second kappa shape index (κ2) is 5.35. The van der Waals surface area contributed by atoms with Crippen molar-refractivity contribution in [3.05, 3.63) is 53.5 Å². The Balaban J connectivity index is 2.28. The fraction of sp³-hybridized carbons (Fsp3) is 0. The summed E-state index contributed by atoms with van der Waals surface area (Å²) in [5.41, 5.74) is 5.02. The highest BCUT2D eigenvalue weighted by Gasteiger charge is 2.09. The maximum Gasteiger partial charge on any atom is 0.335 e. The van der Waals surface area contributed by atoms with Gasteiger partial charge in [0.25, 0.3) is 5.91 Å². The molecule has 1 amide bonds. The van der Waals surface area contributed by atoms with Crippen LogP contribution in [0.1, 0.15) is 20.8 Å². The van der Waals surface area contributed by atoms with Gasteiger partial charge < -0.3 is 16.2 Å². The molecule has 1 heterocycles. The zero-order chi connectivity index (χ0) is 14.7. The highest BCUT2D eigenvalue weighted by atomic mass is 19.1. The molecule has 0 aliphatic carbocycles. The summed E-state index contributed by atoms with van der Waals surface area (Å²) in [6.07, 6.45) is 0. The number of primary amides is 1. The summed E-state index contributed by atoms with van der Waals surface area (Å²) in [5.74, 6) is -2.43. The minimum Gasteiger partial charge on any atom is -0.478 e. The third-order valence-electron chi connectivity index (χ3n) is 2.48. The van der Waals surface area contributed by atoms with E-state index in [0.29, 0.717) is 0 Å². The van der Waals surface area contributed by atoms with Crippen LogP contribution in [0.2, 0.25) is 0 Å². The number of carbonyl (C=O) groups excluding carboxylic acids is 1. The maximum absolute atomic E-state index is 13.7. The van der Waals surface area contributed by atoms with Crippen molar-refractivity contribution in [2.45, 2.75) is 0 Å². The Morgan fingerprint density at radius 3 is 2.60 bits per heavy atom. The molecular weight excluding hydrogens is 265 g/mol. The van der Waals surface area contributed by atoms with Crippen molar-refractivity contribution in [1.29, 1.82) is 0 Å². The van der Waals surface area contributed by atoms with Gasteiger partial charge in [0.2, 0.25) is 0 Å². The molecule has 20 heavy (non-hydrogen) atoms. The first-order chi connectivity index (χ1) is 9.47. The lowest BCUT2D eigenvalue weighted by atomic mass is 10.2. The quantitative estimate of drug-likeness (QED) is 0.788. The molecule has 7 heteroatoms. The Bertz CT molecular complexity index is 688. The molecule has 2 aromatic rings. The zero-order valence-electron chi connectivity index (χ0n) is 10.1. The standard InChI is InChI=1S/C13H10FN3O3/c14-8-6-7(13(19)20)4-5-9(8)16-11-3-1-2-10(17-11)12(15)18/h1-6H,(H2,15,18)(H,16,17)(H,19,20). The van der Waals surface area contributed by atoms with Crippen molar-refractivity contribution >= 4 is 23.4 Å². The van der Waals surface area contributed by atoms with Crippen LogP contribution >= 0.6 is 0 Å². The predicted molar refractivity (Wildman–Crippen MR) is 69.4 cm³/mol. The van der Waals surface area contributed by atoms with E-state index < -0.39 is 17.7 Å². The van der Waals surface area contributed by atoms with Crippen LogP contribution in [-0.2, 0) is 0 Å². The summed E-state index contributed by atoms with van der Waals surface area (Å²) < 4.78 is 13.7. The van der Waals surface area contributed by atoms with Gasteiger partial charge in [-0.1, -0.05) is 6.07 Å². The fourth-order valence-electron chi connectivity index (χ4n) is 1.53. The van der Waals surface area contributed by atoms with Gasteiger partial charge in [0, 0.05) is 0 Å². The molecule has 102 valence electrons. The molecule has 0 saturated heterocycles. The summed E-state index contributed by atoms with van der Waals surface area (Å²) in [6.45, 7) is 0. The van der Waals surface area contributed by atoms with Crippen molar-refractivity contribution in [1.82, 2.24) is 4.98 Å². The third-order valence-corrected chi connectivity index (χ3v) is 2.48. The maximum atomic E-state index is 13.7. The molecule has 0 bridgehead atoms. The van der Waals surface area contributed by atoms with Crippen LogP contribution in [0, 0.1) is 5.82 Å². The van der Waals surface area contributed by atoms with Gasteiger partial charge in [-0.3, -0.25) is 4.79 Å². The number of aromatic carboxylic acids is 1. The van der Waals surface area contributed by atoms with E-state index in [1.165, 1.54) is 24.3 Å². The molecule has 0 saturated carbocycles. The van der Waals surface area contributed by atoms with E-state index in [1.807, 2.05) is 0 Å². The molecular formula is C13H10FN3O3. The first-order valence-corrected chi connectivity index (χ1v) is 5.54. The molecule has 2 rings (SSSR count). The third kappa shape index (κ3) is 2.89. The first-order valence-electron chi connectivity index (χ1n) is 5.54. The topological polar surface area (TPSA) is 105 Å². The van der Waals surface area contributed by atoms with Crippen LogP contribution in [-0.4, -0.2) is 22.0 Å². The molecule has 4 N–H and O–H groups in total. The number of pyridine rings is 1. The normalized spacial score (nSPS) is 10.1. The number of benzene rings is 1. The summed E-state index contributed by atoms with van der Waals surface area (Å²) >= 11 is 0. The van der Waals surface area contributed by atoms with Gasteiger partial charge in [-0.15, -0.1) is 0 Å². The zero-order valence-corrected chi connectivity index (χ0v) is 10.1. The van der Waals surface area contributed by atoms with Crippen LogP contribution in [0.5, 0.6) is 0 Å². The molecule has 0 fully saturated rings. The van der Waals surface area contributed by atoms with Crippen molar-refractivity contribution in [3.8, 4) is 0 Å². The van der Waals surface area contributed by atoms with E-state index >= 15 is 0 Å². The number of carboxylic acid groups (broad SMARTS) is 1. The van der Waals surface area contributed by atoms with Gasteiger partial charge in [0.05, 0.1) is 11.3 Å². The number of nitrogens with zero attached hydrogens (tertiary/aromatic N) is 1. The van der Waals surface area contributed by atoms with E-state index in [-0.39, 0.29) is 22.8 Å². The number of carbonyl (C=O) groups is 2. The van der Waals surface area contributed by atoms with Crippen LogP contribution in [0.3, 0.4) is 0 Å². The van der Waals surface area contributed by atoms with Crippen LogP contribution in [0.15, 0.2) is 36.4 Å². The average Bonchev–Trinajstić information content (AvgIpc) is 2.41. The van der Waals surface area contributed by atoms with Crippen molar-refractivity contribution in [2.75, 3.05) is 5.32 Å². The Hall–Kier alpha value is -2.96. The highest BCUT2D eigenvalue weighted by molar-refractivity contribution is 5.91. The van der Waals surface area contributed by atoms with Crippen LogP contribution in [0.4, 0.5) is 15.9 Å². The van der Waals surface area contributed by atoms with Crippen molar-refractivity contribution in [2.24, 2.45) is 5.73 Å². The lowest BCUT2D eigenvalue weighted by Crippen LogP contribution is -2.13. The summed E-state index contributed by atoms with van der Waals surface area (Å²) in [7, 11) is 0. The number of rotatable bonds is 4. The van der Waals surface area contributed by atoms with Gasteiger partial charge in [-0.25, -0.2) is 14.2 Å². The second-order valence-corrected chi connectivity index (χ2v) is 3.90. The van der Waals surface area contributed by atoms with Crippen LogP contribution < -0.4 is 11.1 Å². The highest BCUT2D eigenvalue weighted by Crippen LogP contribution is 2.20. The van der Waals surface area contributed by atoms with Gasteiger partial charge in [-0.2, -0.15) is 0 Å². The van der Waals surface area contributed by atoms with Gasteiger partial charge in [-0.05, 0) is 30.3 Å². The Kier molecular flexibility index (Phi) is 3.60. The Morgan fingerprint density at radius 1 is 1.25 bits per heavy atom. The van der Waals surface area contributed by atoms with Crippen molar-refractivity contribution in [3.63, 3.8) is 0 Å². The minimum atomic E-state index is -1.22. The SMILES string of the molecule is NC(=O)c1cccc(Nc2ccc(C(=O)O)cc2F)n1. The molecule has 1 aromatic carbocycles. The molecule has 1 aromatic heterocycles. The predicted octanol–water partition coefficient (Wildman–Crippen LogP) is 1.76. The summed E-state index contributed by atoms with van der Waals surface area (Å²) in [6, 6.07) is 7.92. The minimum absolute atomic E-state index is 0.0394. The second-order valence-electron chi connectivity index (χ2n) is 3.90. The number of amides is 1. The number of nitrogens with two attached hydrogens (primary N) is 1. The monoisotopic (exact) mass is 275 g/mol. The molecule has 0 unspecified atom stereocenters. The number of aromatic nitrogens is 1. The van der Waals surface area contributed by atoms with Crippen LogP contribution in [0.25, 0.3) is 0 Å². The summed E-state index contributed by atoms with van der Waals surface area (Å²) in [4.78, 5) is 25.6. The molecule has 0 atom stereocenters. The lowest BCUT2D eigenvalue weighted by molar-refractivity contribution is 0.0696. The largest absolute Gasteiger partial charge is 0.478 e. The molecule has 6 nitrogen and oxygen atoms in total. The van der Waals surface area contributed by atoms with E-state index in [1.54, 1.807) is 6.07 Å². The van der Waals surface area contributed by atoms with E-state index in [9.17, 15) is 14.0 Å². The summed E-state index contributed by atoms with van der Waals surface area (Å²) in [5, 5.41) is 11.4. The smallest absolute Gasteiger partial charge is 0.335 e. The number of anilines is 2. The Labute approximate surface area is 113 Å². The first kappa shape index (κ1) is 13.5. The molecule has 0 radical (unpaired) electrons. The van der Waals surface area contributed by atoms with Gasteiger partial charge in [0.15, 0.2) is 0 Å². The fourth-order valence-corrected chi connectivity index (χ4v) is 1.53. The van der Waals surface area contributed by atoms with Gasteiger partial charge in [0.1, 0.15) is 17.3 Å². The number of halogens is 1. The Morgan fingerprint density at radius 2 is 2.00 bits per heavy atom. The number of carboxylic acids is 1. The van der Waals surface area contributed by atoms with E-state index in [4.69, 9.17) is 10.8 Å². The van der Waals surface area contributed by atoms with Crippen molar-refractivity contribution < 1.29 is 19.1 Å². The number of hydrogen-bond donors (Lipinski definition) is 3. The molecule has 0 aliphatic rings. The van der Waals surface area contributed by atoms with E-state index in [2.05, 4.69) is 10.3 Å². The number of hydrogen-bond acceptors (Lipinski definition) is 4. The van der Waals surface area contributed by atoms with E-state index in [0.717, 1.165) is 6.07 Å². The lowest BCUT2D eigenvalue weighted by Gasteiger charge is -2.08. The molecule has 0 aliphatic heterocycles. The average molecular weight is 275 g/mol. The number of nitrogens with one attached hydrogen (secondary N) is 1.